The van der Waals surface area contributed by atoms with E-state index in [-0.39, 0.29) is 23.2 Å². The number of benzene rings is 1. The Morgan fingerprint density at radius 3 is 2.73 bits per heavy atom. The van der Waals surface area contributed by atoms with E-state index in [2.05, 4.69) is 9.72 Å². The highest BCUT2D eigenvalue weighted by Crippen LogP contribution is 2.16. The predicted octanol–water partition coefficient (Wildman–Crippen LogP) is 1.97. The number of hydrogen-bond donors (Lipinski definition) is 1. The Labute approximate surface area is 125 Å². The van der Waals surface area contributed by atoms with Crippen molar-refractivity contribution in [1.29, 1.82) is 0 Å². The molecule has 0 bridgehead atoms. The van der Waals surface area contributed by atoms with Crippen LogP contribution in [0.1, 0.15) is 27.2 Å². The highest BCUT2D eigenvalue weighted by Gasteiger charge is 2.14. The maximum atomic E-state index is 12.0. The Bertz CT molecular complexity index is 795. The lowest BCUT2D eigenvalue weighted by Crippen LogP contribution is -2.18. The molecular weight excluding hydrogens is 288 g/mol. The number of non-ortho nitro benzene ring substituents is 1. The van der Waals surface area contributed by atoms with E-state index in [9.17, 15) is 19.7 Å². The number of aromatic amines is 1. The van der Waals surface area contributed by atoms with Crippen molar-refractivity contribution in [3.8, 4) is 0 Å². The lowest BCUT2D eigenvalue weighted by molar-refractivity contribution is -0.384. The monoisotopic (exact) mass is 302 g/mol. The van der Waals surface area contributed by atoms with E-state index >= 15 is 0 Å². The van der Waals surface area contributed by atoms with Crippen molar-refractivity contribution in [2.75, 3.05) is 7.11 Å². The first-order valence-electron chi connectivity index (χ1n) is 6.47. The Morgan fingerprint density at radius 2 is 2.09 bits per heavy atom. The van der Waals surface area contributed by atoms with E-state index in [1.165, 1.54) is 25.3 Å². The summed E-state index contributed by atoms with van der Waals surface area (Å²) >= 11 is 0. The number of aromatic nitrogens is 1. The molecule has 114 valence electrons. The smallest absolute Gasteiger partial charge is 0.339 e. The van der Waals surface area contributed by atoms with Crippen LogP contribution >= 0.6 is 0 Å². The van der Waals surface area contributed by atoms with Gasteiger partial charge in [-0.3, -0.25) is 14.9 Å². The van der Waals surface area contributed by atoms with Crippen LogP contribution in [-0.2, 0) is 11.2 Å². The number of H-pyrrole nitrogens is 1. The molecule has 0 aliphatic heterocycles. The summed E-state index contributed by atoms with van der Waals surface area (Å²) in [5, 5.41) is 10.8. The molecule has 0 spiro atoms. The van der Waals surface area contributed by atoms with Crippen LogP contribution in [0.3, 0.4) is 0 Å². The molecule has 0 radical (unpaired) electrons. The number of nitro groups is 1. The number of pyridine rings is 1. The summed E-state index contributed by atoms with van der Waals surface area (Å²) < 4.78 is 4.66. The van der Waals surface area contributed by atoms with Crippen molar-refractivity contribution in [2.24, 2.45) is 0 Å². The van der Waals surface area contributed by atoms with Crippen molar-refractivity contribution in [3.63, 3.8) is 0 Å². The first kappa shape index (κ1) is 15.4. The molecule has 0 fully saturated rings. The van der Waals surface area contributed by atoms with Crippen molar-refractivity contribution in [2.45, 2.75) is 13.3 Å². The number of methoxy groups -OCH3 is 1. The maximum Gasteiger partial charge on any atom is 0.339 e. The minimum absolute atomic E-state index is 0.0470. The molecule has 7 heteroatoms. The van der Waals surface area contributed by atoms with Gasteiger partial charge in [0.1, 0.15) is 0 Å². The number of ether oxygens (including phenoxy) is 1. The van der Waals surface area contributed by atoms with E-state index in [0.29, 0.717) is 16.8 Å². The summed E-state index contributed by atoms with van der Waals surface area (Å²) in [4.78, 5) is 36.5. The van der Waals surface area contributed by atoms with Gasteiger partial charge in [-0.1, -0.05) is 12.1 Å². The third kappa shape index (κ3) is 3.20. The van der Waals surface area contributed by atoms with Crippen LogP contribution in [0.2, 0.25) is 0 Å². The molecule has 22 heavy (non-hydrogen) atoms. The second kappa shape index (κ2) is 6.21. The molecular formula is C15H14N2O5. The fourth-order valence-electron chi connectivity index (χ4n) is 2.12. The normalized spacial score (nSPS) is 10.3. The molecule has 2 aromatic rings. The third-order valence-corrected chi connectivity index (χ3v) is 3.24. The van der Waals surface area contributed by atoms with Gasteiger partial charge in [-0.05, 0) is 18.6 Å². The summed E-state index contributed by atoms with van der Waals surface area (Å²) in [7, 11) is 1.26. The zero-order valence-electron chi connectivity index (χ0n) is 12.1. The number of rotatable bonds is 4. The van der Waals surface area contributed by atoms with Gasteiger partial charge in [-0.15, -0.1) is 0 Å². The van der Waals surface area contributed by atoms with Crippen molar-refractivity contribution < 1.29 is 14.5 Å². The Kier molecular flexibility index (Phi) is 4.36. The summed E-state index contributed by atoms with van der Waals surface area (Å²) in [6.45, 7) is 1.60. The molecule has 0 unspecified atom stereocenters. The van der Waals surface area contributed by atoms with Crippen LogP contribution in [0, 0.1) is 17.0 Å². The summed E-state index contributed by atoms with van der Waals surface area (Å²) in [6, 6.07) is 7.47. The van der Waals surface area contributed by atoms with Crippen LogP contribution < -0.4 is 5.56 Å². The number of nitro benzene ring substituents is 1. The molecule has 1 heterocycles. The molecule has 1 aromatic heterocycles. The number of nitrogens with zero attached hydrogens (tertiary/aromatic N) is 1. The van der Waals surface area contributed by atoms with Crippen LogP contribution in [-0.4, -0.2) is 23.0 Å². The van der Waals surface area contributed by atoms with E-state index in [1.807, 2.05) is 0 Å². The molecule has 0 saturated carbocycles. The molecule has 1 N–H and O–H groups in total. The first-order chi connectivity index (χ1) is 10.4. The zero-order chi connectivity index (χ0) is 16.3. The highest BCUT2D eigenvalue weighted by atomic mass is 16.6. The molecule has 0 amide bonds. The van der Waals surface area contributed by atoms with Gasteiger partial charge in [-0.2, -0.15) is 0 Å². The minimum atomic E-state index is -0.547. The van der Waals surface area contributed by atoms with Gasteiger partial charge in [0.15, 0.2) is 0 Å². The quantitative estimate of drug-likeness (QED) is 0.528. The van der Waals surface area contributed by atoms with Gasteiger partial charge in [-0.25, -0.2) is 4.79 Å². The predicted molar refractivity (Wildman–Crippen MR) is 79.0 cm³/mol. The first-order valence-corrected chi connectivity index (χ1v) is 6.47. The maximum absolute atomic E-state index is 12.0. The van der Waals surface area contributed by atoms with Gasteiger partial charge >= 0.3 is 5.97 Å². The van der Waals surface area contributed by atoms with Gasteiger partial charge in [0, 0.05) is 29.8 Å². The van der Waals surface area contributed by atoms with Crippen molar-refractivity contribution in [3.05, 3.63) is 73.2 Å². The molecule has 2 rings (SSSR count). The summed E-state index contributed by atoms with van der Waals surface area (Å²) in [5.74, 6) is -0.547. The number of hydrogen-bond acceptors (Lipinski definition) is 5. The van der Waals surface area contributed by atoms with Crippen LogP contribution in [0.25, 0.3) is 0 Å². The number of nitrogens with one attached hydrogen (secondary N) is 1. The number of aryl methyl sites for hydroxylation is 1. The largest absolute Gasteiger partial charge is 0.465 e. The van der Waals surface area contributed by atoms with Crippen molar-refractivity contribution in [1.82, 2.24) is 4.98 Å². The summed E-state index contributed by atoms with van der Waals surface area (Å²) in [5.41, 5.74) is 1.25. The van der Waals surface area contributed by atoms with Gasteiger partial charge in [0.2, 0.25) is 0 Å². The summed E-state index contributed by atoms with van der Waals surface area (Å²) in [6.07, 6.45) is 0.182. The van der Waals surface area contributed by atoms with Gasteiger partial charge < -0.3 is 9.72 Å². The Hall–Kier alpha value is -2.96. The lowest BCUT2D eigenvalue weighted by atomic mass is 10.0. The van der Waals surface area contributed by atoms with E-state index < -0.39 is 10.9 Å². The standard InChI is InChI=1S/C15H14N2O5/c1-9-13(15(19)22-2)8-11(14(18)16-9)6-10-4-3-5-12(7-10)17(20)21/h3-5,7-8H,6H2,1-2H3,(H,16,18). The number of esters is 1. The van der Waals surface area contributed by atoms with E-state index in [0.717, 1.165) is 0 Å². The van der Waals surface area contributed by atoms with Crippen LogP contribution in [0.5, 0.6) is 0 Å². The van der Waals surface area contributed by atoms with Crippen LogP contribution in [0.4, 0.5) is 5.69 Å². The van der Waals surface area contributed by atoms with Gasteiger partial charge in [0.25, 0.3) is 11.2 Å². The fourth-order valence-corrected chi connectivity index (χ4v) is 2.12. The molecule has 0 saturated heterocycles. The topological polar surface area (TPSA) is 102 Å². The SMILES string of the molecule is COC(=O)c1cc(Cc2cccc([N+](=O)[O-])c2)c(=O)[nH]c1C. The Balaban J connectivity index is 2.41. The highest BCUT2D eigenvalue weighted by molar-refractivity contribution is 5.90. The molecule has 0 atom stereocenters. The van der Waals surface area contributed by atoms with E-state index in [1.54, 1.807) is 19.1 Å². The third-order valence-electron chi connectivity index (χ3n) is 3.24. The lowest BCUT2D eigenvalue weighted by Gasteiger charge is -2.07. The molecule has 7 nitrogen and oxygen atoms in total. The molecule has 0 aliphatic carbocycles. The molecule has 0 aliphatic rings. The fraction of sp³-hybridized carbons (Fsp3) is 0.200. The molecule has 1 aromatic carbocycles. The van der Waals surface area contributed by atoms with Gasteiger partial charge in [0.05, 0.1) is 17.6 Å². The second-order valence-corrected chi connectivity index (χ2v) is 4.76. The van der Waals surface area contributed by atoms with E-state index in [4.69, 9.17) is 0 Å². The number of carbonyl (C=O) groups is 1. The minimum Gasteiger partial charge on any atom is -0.465 e. The van der Waals surface area contributed by atoms with Crippen molar-refractivity contribution >= 4 is 11.7 Å². The average molecular weight is 302 g/mol. The zero-order valence-corrected chi connectivity index (χ0v) is 12.1. The Morgan fingerprint density at radius 1 is 1.36 bits per heavy atom. The average Bonchev–Trinajstić information content (AvgIpc) is 2.49. The second-order valence-electron chi connectivity index (χ2n) is 4.76. The van der Waals surface area contributed by atoms with Crippen LogP contribution in [0.15, 0.2) is 35.1 Å². The number of carbonyl (C=O) groups excluding carboxylic acids is 1.